The minimum atomic E-state index is -0.326. The molecular weight excluding hydrogens is 371 g/mol. The summed E-state index contributed by atoms with van der Waals surface area (Å²) in [5.41, 5.74) is 1.99. The number of nitrogens with zero attached hydrogens (tertiary/aromatic N) is 3. The van der Waals surface area contributed by atoms with Crippen LogP contribution in [0, 0.1) is 12.7 Å². The summed E-state index contributed by atoms with van der Waals surface area (Å²) in [6, 6.07) is 5.89. The van der Waals surface area contributed by atoms with Crippen LogP contribution in [0.1, 0.15) is 11.3 Å². The number of aryl methyl sites for hydroxylation is 1. The minimum absolute atomic E-state index is 0.187. The molecule has 27 heavy (non-hydrogen) atoms. The Hall–Kier alpha value is -2.22. The first-order valence-corrected chi connectivity index (χ1v) is 9.19. The zero-order valence-electron chi connectivity index (χ0n) is 15.1. The van der Waals surface area contributed by atoms with Gasteiger partial charge in [0.15, 0.2) is 0 Å². The topological polar surface area (TPSA) is 59.4 Å². The Balaban J connectivity index is 1.59. The van der Waals surface area contributed by atoms with Gasteiger partial charge in [0.05, 0.1) is 24.6 Å². The monoisotopic (exact) mass is 392 g/mol. The minimum Gasteiger partial charge on any atom is -0.379 e. The van der Waals surface area contributed by atoms with Gasteiger partial charge in [-0.15, -0.1) is 0 Å². The Morgan fingerprint density at radius 3 is 2.74 bits per heavy atom. The van der Waals surface area contributed by atoms with Crippen molar-refractivity contribution >= 4 is 23.6 Å². The van der Waals surface area contributed by atoms with E-state index in [2.05, 4.69) is 15.3 Å². The Morgan fingerprint density at radius 1 is 1.33 bits per heavy atom. The average Bonchev–Trinajstić information content (AvgIpc) is 2.95. The third-order valence-corrected chi connectivity index (χ3v) is 4.72. The standard InChI is InChI=1S/C19H22ClFN4O2/c1-14-17(19(20)25(23-14)16-4-2-15(21)3-5-16)6-7-18(26)22-8-9-24-10-12-27-13-11-24/h2-7H,8-13H2,1H3,(H,22,26)/b7-6+. The van der Waals surface area contributed by atoms with E-state index in [1.807, 2.05) is 6.92 Å². The van der Waals surface area contributed by atoms with Crippen LogP contribution in [-0.4, -0.2) is 60.0 Å². The number of amides is 1. The lowest BCUT2D eigenvalue weighted by Crippen LogP contribution is -2.41. The van der Waals surface area contributed by atoms with Gasteiger partial charge in [-0.3, -0.25) is 9.69 Å². The highest BCUT2D eigenvalue weighted by Crippen LogP contribution is 2.24. The van der Waals surface area contributed by atoms with Gasteiger partial charge in [-0.2, -0.15) is 5.10 Å². The number of morpholine rings is 1. The van der Waals surface area contributed by atoms with Gasteiger partial charge in [-0.25, -0.2) is 9.07 Å². The van der Waals surface area contributed by atoms with Gasteiger partial charge in [0.25, 0.3) is 0 Å². The molecule has 2 aromatic rings. The van der Waals surface area contributed by atoms with Crippen molar-refractivity contribution in [2.45, 2.75) is 6.92 Å². The molecular formula is C19H22ClFN4O2. The molecule has 1 amide bonds. The molecule has 6 nitrogen and oxygen atoms in total. The molecule has 1 aromatic carbocycles. The van der Waals surface area contributed by atoms with E-state index in [4.69, 9.17) is 16.3 Å². The lowest BCUT2D eigenvalue weighted by Gasteiger charge is -2.26. The maximum Gasteiger partial charge on any atom is 0.244 e. The normalized spacial score (nSPS) is 15.4. The van der Waals surface area contributed by atoms with Gasteiger partial charge < -0.3 is 10.1 Å². The average molecular weight is 393 g/mol. The van der Waals surface area contributed by atoms with Gasteiger partial charge in [0, 0.05) is 37.8 Å². The highest BCUT2D eigenvalue weighted by Gasteiger charge is 2.13. The Morgan fingerprint density at radius 2 is 2.04 bits per heavy atom. The number of halogens is 2. The van der Waals surface area contributed by atoms with Crippen LogP contribution < -0.4 is 5.32 Å². The molecule has 0 saturated carbocycles. The van der Waals surface area contributed by atoms with E-state index >= 15 is 0 Å². The molecule has 0 bridgehead atoms. The van der Waals surface area contributed by atoms with Crippen molar-refractivity contribution in [2.75, 3.05) is 39.4 Å². The highest BCUT2D eigenvalue weighted by atomic mass is 35.5. The maximum atomic E-state index is 13.1. The van der Waals surface area contributed by atoms with Crippen LogP contribution >= 0.6 is 11.6 Å². The van der Waals surface area contributed by atoms with Crippen LogP contribution in [-0.2, 0) is 9.53 Å². The number of carbonyl (C=O) groups is 1. The molecule has 2 heterocycles. The molecule has 1 aliphatic heterocycles. The number of hydrogen-bond donors (Lipinski definition) is 1. The summed E-state index contributed by atoms with van der Waals surface area (Å²) in [6.07, 6.45) is 3.10. The lowest BCUT2D eigenvalue weighted by atomic mass is 10.2. The van der Waals surface area contributed by atoms with Crippen molar-refractivity contribution in [3.63, 3.8) is 0 Å². The van der Waals surface area contributed by atoms with Crippen molar-refractivity contribution in [1.29, 1.82) is 0 Å². The van der Waals surface area contributed by atoms with Crippen LogP contribution in [0.2, 0.25) is 5.15 Å². The first kappa shape index (κ1) is 19.5. The van der Waals surface area contributed by atoms with Crippen molar-refractivity contribution < 1.29 is 13.9 Å². The smallest absolute Gasteiger partial charge is 0.244 e. The summed E-state index contributed by atoms with van der Waals surface area (Å²) in [4.78, 5) is 14.3. The number of aromatic nitrogens is 2. The van der Waals surface area contributed by atoms with Gasteiger partial charge in [-0.05, 0) is 37.3 Å². The first-order valence-electron chi connectivity index (χ1n) is 8.81. The second-order valence-corrected chi connectivity index (χ2v) is 6.61. The Labute approximate surface area is 162 Å². The van der Waals surface area contributed by atoms with E-state index in [0.717, 1.165) is 32.8 Å². The van der Waals surface area contributed by atoms with Crippen LogP contribution in [0.3, 0.4) is 0 Å². The second kappa shape index (κ2) is 9.12. The molecule has 0 atom stereocenters. The summed E-state index contributed by atoms with van der Waals surface area (Å²) in [6.45, 7) is 6.44. The van der Waals surface area contributed by atoms with E-state index in [9.17, 15) is 9.18 Å². The molecule has 8 heteroatoms. The third-order valence-electron chi connectivity index (χ3n) is 4.35. The fourth-order valence-electron chi connectivity index (χ4n) is 2.83. The number of hydrogen-bond acceptors (Lipinski definition) is 4. The van der Waals surface area contributed by atoms with Crippen LogP contribution in [0.25, 0.3) is 11.8 Å². The van der Waals surface area contributed by atoms with Gasteiger partial charge >= 0.3 is 0 Å². The summed E-state index contributed by atoms with van der Waals surface area (Å²) in [5.74, 6) is -0.513. The van der Waals surface area contributed by atoms with E-state index < -0.39 is 0 Å². The molecule has 0 spiro atoms. The van der Waals surface area contributed by atoms with Gasteiger partial charge in [0.1, 0.15) is 11.0 Å². The third kappa shape index (κ3) is 5.15. The molecule has 1 aromatic heterocycles. The molecule has 0 radical (unpaired) electrons. The number of ether oxygens (including phenoxy) is 1. The zero-order chi connectivity index (χ0) is 19.2. The molecule has 1 fully saturated rings. The first-order chi connectivity index (χ1) is 13.0. The summed E-state index contributed by atoms with van der Waals surface area (Å²) < 4.78 is 19.9. The predicted molar refractivity (Wildman–Crippen MR) is 103 cm³/mol. The Kier molecular flexibility index (Phi) is 6.60. The van der Waals surface area contributed by atoms with Crippen molar-refractivity contribution in [2.24, 2.45) is 0 Å². The number of carbonyl (C=O) groups excluding carboxylic acids is 1. The fraction of sp³-hybridized carbons (Fsp3) is 0.368. The van der Waals surface area contributed by atoms with Crippen molar-refractivity contribution in [3.8, 4) is 5.69 Å². The molecule has 0 aliphatic carbocycles. The van der Waals surface area contributed by atoms with Crippen LogP contribution in [0.5, 0.6) is 0 Å². The van der Waals surface area contributed by atoms with E-state index in [1.54, 1.807) is 18.2 Å². The largest absolute Gasteiger partial charge is 0.379 e. The molecule has 3 rings (SSSR count). The summed E-state index contributed by atoms with van der Waals surface area (Å²) >= 11 is 6.40. The predicted octanol–water partition coefficient (Wildman–Crippen LogP) is 2.43. The second-order valence-electron chi connectivity index (χ2n) is 6.26. The molecule has 1 aliphatic rings. The van der Waals surface area contributed by atoms with Crippen LogP contribution in [0.15, 0.2) is 30.3 Å². The maximum absolute atomic E-state index is 13.1. The summed E-state index contributed by atoms with van der Waals surface area (Å²) in [5, 5.41) is 7.61. The SMILES string of the molecule is Cc1nn(-c2ccc(F)cc2)c(Cl)c1/C=C/C(=O)NCCN1CCOCC1. The zero-order valence-corrected chi connectivity index (χ0v) is 15.9. The molecule has 1 N–H and O–H groups in total. The van der Waals surface area contributed by atoms with Gasteiger partial charge in [0.2, 0.25) is 5.91 Å². The van der Waals surface area contributed by atoms with E-state index in [-0.39, 0.29) is 11.7 Å². The summed E-state index contributed by atoms with van der Waals surface area (Å²) in [7, 11) is 0. The van der Waals surface area contributed by atoms with E-state index in [0.29, 0.717) is 28.6 Å². The van der Waals surface area contributed by atoms with E-state index in [1.165, 1.54) is 22.9 Å². The van der Waals surface area contributed by atoms with Gasteiger partial charge in [-0.1, -0.05) is 11.6 Å². The number of benzene rings is 1. The highest BCUT2D eigenvalue weighted by molar-refractivity contribution is 6.31. The lowest BCUT2D eigenvalue weighted by molar-refractivity contribution is -0.116. The quantitative estimate of drug-likeness (QED) is 0.767. The Bertz CT molecular complexity index is 814. The van der Waals surface area contributed by atoms with Crippen molar-refractivity contribution in [3.05, 3.63) is 52.6 Å². The van der Waals surface area contributed by atoms with Crippen molar-refractivity contribution in [1.82, 2.24) is 20.0 Å². The number of rotatable bonds is 6. The number of nitrogens with one attached hydrogen (secondary N) is 1. The fourth-order valence-corrected chi connectivity index (χ4v) is 3.17. The molecule has 1 saturated heterocycles. The molecule has 144 valence electrons. The molecule has 0 unspecified atom stereocenters. The van der Waals surface area contributed by atoms with Crippen LogP contribution in [0.4, 0.5) is 4.39 Å².